The molecule has 0 atom stereocenters. The Kier molecular flexibility index (Phi) is 10.7. The van der Waals surface area contributed by atoms with E-state index in [1.807, 2.05) is 19.0 Å². The number of nitrogens with two attached hydrogens (primary N) is 2. The average molecular weight is 595 g/mol. The Morgan fingerprint density at radius 1 is 0.825 bits per heavy atom. The van der Waals surface area contributed by atoms with Gasteiger partial charge in [0.1, 0.15) is 5.69 Å². The molecule has 226 valence electrons. The van der Waals surface area contributed by atoms with Crippen molar-refractivity contribution >= 4 is 22.7 Å². The zero-order valence-electron chi connectivity index (χ0n) is 21.6. The van der Waals surface area contributed by atoms with Gasteiger partial charge in [0.15, 0.2) is 0 Å². The minimum atomic E-state index is -5.82. The van der Waals surface area contributed by atoms with Crippen molar-refractivity contribution in [1.29, 1.82) is 0 Å². The maximum absolute atomic E-state index is 13.4. The van der Waals surface area contributed by atoms with Gasteiger partial charge in [0.2, 0.25) is 0 Å². The molecule has 0 heterocycles. The largest absolute Gasteiger partial charge is 0.458 e. The minimum absolute atomic E-state index is 0.0134. The van der Waals surface area contributed by atoms with Crippen LogP contribution in [0.25, 0.3) is 0 Å². The van der Waals surface area contributed by atoms with Gasteiger partial charge >= 0.3 is 24.2 Å². The van der Waals surface area contributed by atoms with Crippen LogP contribution in [-0.2, 0) is 11.8 Å². The van der Waals surface area contributed by atoms with Crippen LogP contribution < -0.4 is 16.4 Å². The zero-order valence-corrected chi connectivity index (χ0v) is 21.6. The molecule has 0 aliphatic rings. The molecule has 0 aromatic heterocycles. The van der Waals surface area contributed by atoms with E-state index in [0.717, 1.165) is 19.1 Å². The highest BCUT2D eigenvalue weighted by Crippen LogP contribution is 2.47. The molecule has 0 aliphatic heterocycles. The summed E-state index contributed by atoms with van der Waals surface area (Å²) in [4.78, 5) is 13.5. The number of nitrogens with zero attached hydrogens (tertiary/aromatic N) is 3. The fourth-order valence-electron chi connectivity index (χ4n) is 3.34. The Morgan fingerprint density at radius 3 is 1.80 bits per heavy atom. The summed E-state index contributed by atoms with van der Waals surface area (Å²) in [5, 5.41) is 11.1. The Bertz CT molecular complexity index is 1180. The lowest BCUT2D eigenvalue weighted by atomic mass is 9.99. The second-order valence-corrected chi connectivity index (χ2v) is 8.92. The van der Waals surface area contributed by atoms with E-state index in [4.69, 9.17) is 11.5 Å². The smallest absolute Gasteiger partial charge is 0.397 e. The molecule has 7 nitrogen and oxygen atoms in total. The second kappa shape index (κ2) is 12.3. The number of benzene rings is 2. The van der Waals surface area contributed by atoms with Crippen LogP contribution in [0.4, 0.5) is 66.7 Å². The van der Waals surface area contributed by atoms with Crippen molar-refractivity contribution in [2.24, 2.45) is 0 Å². The van der Waals surface area contributed by atoms with E-state index in [1.54, 1.807) is 0 Å². The van der Waals surface area contributed by atoms with Crippen molar-refractivity contribution in [3.63, 3.8) is 0 Å². The molecular formula is C23H27F10N5O2. The van der Waals surface area contributed by atoms with Gasteiger partial charge in [0.05, 0.1) is 16.3 Å². The number of nitro benzene ring substituents is 1. The number of hydrogen-bond donors (Lipinski definition) is 2. The summed E-state index contributed by atoms with van der Waals surface area (Å²) >= 11 is 0. The number of hydrogen-bond acceptors (Lipinski definition) is 6. The molecule has 2 aromatic rings. The van der Waals surface area contributed by atoms with Crippen LogP contribution in [0, 0.1) is 17.0 Å². The van der Waals surface area contributed by atoms with Crippen LogP contribution in [-0.4, -0.2) is 56.4 Å². The Labute approximate surface area is 222 Å². The first-order valence-corrected chi connectivity index (χ1v) is 11.2. The molecule has 0 aliphatic carbocycles. The standard InChI is InChI=1S/C14H18F5N3O2.C9H9F5N2/c1-20(2)7-4-8-21(3)11-6-5-10(9-12(11)22(23)24)13(15,16)14(17,18)19;1-4-5(2-3-6(15)7(4)16)8(10,11)9(12,13)14/h5-6,9H,4,7-8H2,1-3H3;2-3H,15-16H2,1H3. The van der Waals surface area contributed by atoms with Crippen LogP contribution in [0.2, 0.25) is 0 Å². The van der Waals surface area contributed by atoms with Crippen molar-refractivity contribution in [2.75, 3.05) is 50.6 Å². The average Bonchev–Trinajstić information content (AvgIpc) is 2.80. The number of anilines is 3. The highest BCUT2D eigenvalue weighted by atomic mass is 19.4. The van der Waals surface area contributed by atoms with E-state index < -0.39 is 45.9 Å². The van der Waals surface area contributed by atoms with Crippen molar-refractivity contribution < 1.29 is 48.8 Å². The van der Waals surface area contributed by atoms with Gasteiger partial charge in [-0.1, -0.05) is 12.1 Å². The zero-order chi connectivity index (χ0) is 31.4. The fraction of sp³-hybridized carbons (Fsp3) is 0.478. The van der Waals surface area contributed by atoms with Crippen LogP contribution in [0.3, 0.4) is 0 Å². The highest BCUT2D eigenvalue weighted by molar-refractivity contribution is 5.69. The van der Waals surface area contributed by atoms with Gasteiger partial charge in [-0.25, -0.2) is 0 Å². The van der Waals surface area contributed by atoms with Gasteiger partial charge in [-0.3, -0.25) is 10.1 Å². The second-order valence-electron chi connectivity index (χ2n) is 8.92. The summed E-state index contributed by atoms with van der Waals surface area (Å²) in [5.74, 6) is -10.1. The normalized spacial score (nSPS) is 12.7. The first-order chi connectivity index (χ1) is 18.0. The molecule has 0 radical (unpaired) electrons. The van der Waals surface area contributed by atoms with Gasteiger partial charge in [-0.15, -0.1) is 0 Å². The van der Waals surface area contributed by atoms with E-state index in [9.17, 15) is 54.0 Å². The molecule has 40 heavy (non-hydrogen) atoms. The van der Waals surface area contributed by atoms with E-state index in [0.29, 0.717) is 31.6 Å². The third-order valence-electron chi connectivity index (χ3n) is 5.64. The van der Waals surface area contributed by atoms with Crippen molar-refractivity contribution in [3.8, 4) is 0 Å². The molecular weight excluding hydrogens is 568 g/mol. The molecule has 0 amide bonds. The minimum Gasteiger partial charge on any atom is -0.397 e. The van der Waals surface area contributed by atoms with Crippen LogP contribution >= 0.6 is 0 Å². The van der Waals surface area contributed by atoms with E-state index in [2.05, 4.69) is 0 Å². The maximum Gasteiger partial charge on any atom is 0.458 e. The quantitative estimate of drug-likeness (QED) is 0.158. The van der Waals surface area contributed by atoms with E-state index >= 15 is 0 Å². The summed E-state index contributed by atoms with van der Waals surface area (Å²) in [7, 11) is 5.20. The predicted molar refractivity (Wildman–Crippen MR) is 129 cm³/mol. The van der Waals surface area contributed by atoms with Crippen molar-refractivity contribution in [1.82, 2.24) is 4.90 Å². The molecule has 0 bridgehead atoms. The lowest BCUT2D eigenvalue weighted by molar-refractivity contribution is -0.384. The molecule has 17 heteroatoms. The van der Waals surface area contributed by atoms with Gasteiger partial charge in [0, 0.05) is 30.8 Å². The predicted octanol–water partition coefficient (Wildman–Crippen LogP) is 6.45. The van der Waals surface area contributed by atoms with Crippen molar-refractivity contribution in [2.45, 2.75) is 37.5 Å². The Balaban J connectivity index is 0.000000433. The molecule has 2 rings (SSSR count). The third-order valence-corrected chi connectivity index (χ3v) is 5.64. The van der Waals surface area contributed by atoms with Crippen LogP contribution in [0.15, 0.2) is 30.3 Å². The summed E-state index contributed by atoms with van der Waals surface area (Å²) in [5.41, 5.74) is 6.51. The van der Waals surface area contributed by atoms with Crippen LogP contribution in [0.1, 0.15) is 23.1 Å². The number of alkyl halides is 10. The molecule has 0 fully saturated rings. The first-order valence-electron chi connectivity index (χ1n) is 11.2. The summed E-state index contributed by atoms with van der Waals surface area (Å²) in [6.45, 7) is 2.15. The number of rotatable bonds is 8. The molecule has 0 unspecified atom stereocenters. The monoisotopic (exact) mass is 595 g/mol. The number of nitrogen functional groups attached to an aromatic ring is 2. The van der Waals surface area contributed by atoms with E-state index in [-0.39, 0.29) is 28.7 Å². The number of halogens is 10. The fourth-order valence-corrected chi connectivity index (χ4v) is 3.34. The topological polar surface area (TPSA) is 102 Å². The SMILES string of the molecule is CN(C)CCCN(C)c1ccc(C(F)(F)C(F)(F)F)cc1[N+](=O)[O-].Cc1c(C(F)(F)C(F)(F)F)ccc(N)c1N. The summed E-state index contributed by atoms with van der Waals surface area (Å²) in [6, 6.07) is 3.33. The molecule has 0 saturated heterocycles. The van der Waals surface area contributed by atoms with Gasteiger partial charge in [-0.05, 0) is 51.7 Å². The van der Waals surface area contributed by atoms with E-state index in [1.165, 1.54) is 11.9 Å². The number of nitro groups is 1. The van der Waals surface area contributed by atoms with Crippen LogP contribution in [0.5, 0.6) is 0 Å². The lowest BCUT2D eigenvalue weighted by Crippen LogP contribution is -2.34. The lowest BCUT2D eigenvalue weighted by Gasteiger charge is -2.23. The highest BCUT2D eigenvalue weighted by Gasteiger charge is 2.60. The van der Waals surface area contributed by atoms with Gasteiger partial charge in [0.25, 0.3) is 5.69 Å². The Morgan fingerprint density at radius 2 is 1.35 bits per heavy atom. The summed E-state index contributed by atoms with van der Waals surface area (Å²) in [6.07, 6.45) is -10.8. The molecule has 0 spiro atoms. The summed E-state index contributed by atoms with van der Waals surface area (Å²) < 4.78 is 126. The Hall–Kier alpha value is -3.50. The molecule has 2 aromatic carbocycles. The van der Waals surface area contributed by atoms with Gasteiger partial charge < -0.3 is 21.3 Å². The van der Waals surface area contributed by atoms with Gasteiger partial charge in [-0.2, -0.15) is 43.9 Å². The van der Waals surface area contributed by atoms with Crippen molar-refractivity contribution in [3.05, 3.63) is 57.1 Å². The molecule has 0 saturated carbocycles. The third kappa shape index (κ3) is 7.79. The molecule has 4 N–H and O–H groups in total. The first kappa shape index (κ1) is 34.5. The maximum atomic E-state index is 13.4.